The summed E-state index contributed by atoms with van der Waals surface area (Å²) >= 11 is 5.93. The van der Waals surface area contributed by atoms with Gasteiger partial charge in [0.15, 0.2) is 0 Å². The van der Waals surface area contributed by atoms with Gasteiger partial charge in [-0.1, -0.05) is 48.9 Å². The standard InChI is InChI=1S/C25H29ClN2O2/c1-3-21(28-24(29)16-9-11-18(26)12-10-16)23-19-13-17(14-20(19)23)22(25(30)27-2)15-7-5-4-6-8-15/h4-12,17,19-23H,3,13-14H2,1-2H3,(H,27,30)(H,28,29)/t17?,19-,20+,21-,22-,23?/m0/s1. The number of fused-ring (bicyclic) bond motifs is 1. The smallest absolute Gasteiger partial charge is 0.251 e. The number of carbonyl (C=O) groups excluding carboxylic acids is 2. The van der Waals surface area contributed by atoms with Crippen LogP contribution in [0.25, 0.3) is 0 Å². The highest BCUT2D eigenvalue weighted by atomic mass is 35.5. The highest BCUT2D eigenvalue weighted by Gasteiger charge is 2.60. The summed E-state index contributed by atoms with van der Waals surface area (Å²) in [5.74, 6) is 2.06. The van der Waals surface area contributed by atoms with Gasteiger partial charge in [-0.2, -0.15) is 0 Å². The van der Waals surface area contributed by atoms with E-state index in [-0.39, 0.29) is 23.8 Å². The van der Waals surface area contributed by atoms with E-state index in [1.54, 1.807) is 31.3 Å². The van der Waals surface area contributed by atoms with Gasteiger partial charge in [0.1, 0.15) is 0 Å². The minimum Gasteiger partial charge on any atom is -0.359 e. The monoisotopic (exact) mass is 424 g/mol. The van der Waals surface area contributed by atoms with Crippen molar-refractivity contribution in [1.82, 2.24) is 10.6 Å². The van der Waals surface area contributed by atoms with E-state index in [4.69, 9.17) is 11.6 Å². The minimum absolute atomic E-state index is 0.0347. The molecule has 2 saturated carbocycles. The van der Waals surface area contributed by atoms with Gasteiger partial charge in [0.25, 0.3) is 5.91 Å². The van der Waals surface area contributed by atoms with Gasteiger partial charge in [-0.25, -0.2) is 0 Å². The highest BCUT2D eigenvalue weighted by molar-refractivity contribution is 6.30. The summed E-state index contributed by atoms with van der Waals surface area (Å²) in [6, 6.07) is 17.3. The van der Waals surface area contributed by atoms with Crippen LogP contribution in [0.15, 0.2) is 54.6 Å². The van der Waals surface area contributed by atoms with Crippen LogP contribution in [-0.2, 0) is 4.79 Å². The lowest BCUT2D eigenvalue weighted by molar-refractivity contribution is -0.123. The van der Waals surface area contributed by atoms with Crippen molar-refractivity contribution in [2.75, 3.05) is 7.05 Å². The van der Waals surface area contributed by atoms with Crippen molar-refractivity contribution in [3.05, 3.63) is 70.7 Å². The molecule has 0 radical (unpaired) electrons. The Morgan fingerprint density at radius 2 is 1.67 bits per heavy atom. The highest BCUT2D eigenvalue weighted by Crippen LogP contribution is 2.63. The van der Waals surface area contributed by atoms with E-state index in [1.165, 1.54) is 0 Å². The maximum atomic E-state index is 12.7. The van der Waals surface area contributed by atoms with Gasteiger partial charge in [-0.15, -0.1) is 0 Å². The van der Waals surface area contributed by atoms with Gasteiger partial charge in [-0.05, 0) is 72.8 Å². The van der Waals surface area contributed by atoms with E-state index >= 15 is 0 Å². The topological polar surface area (TPSA) is 58.2 Å². The quantitative estimate of drug-likeness (QED) is 0.679. The third-order valence-electron chi connectivity index (χ3n) is 7.03. The van der Waals surface area contributed by atoms with E-state index < -0.39 is 0 Å². The summed E-state index contributed by atoms with van der Waals surface area (Å²) < 4.78 is 0. The summed E-state index contributed by atoms with van der Waals surface area (Å²) in [6.45, 7) is 2.13. The van der Waals surface area contributed by atoms with Gasteiger partial charge in [-0.3, -0.25) is 9.59 Å². The largest absolute Gasteiger partial charge is 0.359 e. The van der Waals surface area contributed by atoms with Crippen LogP contribution in [0.2, 0.25) is 5.02 Å². The van der Waals surface area contributed by atoms with Gasteiger partial charge < -0.3 is 10.6 Å². The third kappa shape index (κ3) is 4.11. The summed E-state index contributed by atoms with van der Waals surface area (Å²) in [4.78, 5) is 25.3. The average Bonchev–Trinajstić information content (AvgIpc) is 3.25. The van der Waals surface area contributed by atoms with E-state index in [9.17, 15) is 9.59 Å². The molecule has 2 amide bonds. The zero-order valence-corrected chi connectivity index (χ0v) is 18.2. The number of rotatable bonds is 7. The molecule has 4 rings (SSSR count). The van der Waals surface area contributed by atoms with Gasteiger partial charge in [0, 0.05) is 23.7 Å². The van der Waals surface area contributed by atoms with E-state index in [0.29, 0.717) is 34.3 Å². The van der Waals surface area contributed by atoms with Crippen LogP contribution in [0.3, 0.4) is 0 Å². The van der Waals surface area contributed by atoms with E-state index in [2.05, 4.69) is 29.7 Å². The predicted octanol–water partition coefficient (Wildman–Crippen LogP) is 4.65. The van der Waals surface area contributed by atoms with Crippen LogP contribution in [-0.4, -0.2) is 24.9 Å². The molecule has 2 aliphatic carbocycles. The lowest BCUT2D eigenvalue weighted by Crippen LogP contribution is -2.38. The van der Waals surface area contributed by atoms with Crippen LogP contribution >= 0.6 is 11.6 Å². The zero-order valence-electron chi connectivity index (χ0n) is 17.5. The second-order valence-corrected chi connectivity index (χ2v) is 9.07. The Bertz CT molecular complexity index is 887. The molecule has 30 heavy (non-hydrogen) atoms. The van der Waals surface area contributed by atoms with Crippen LogP contribution in [0.1, 0.15) is 48.0 Å². The molecule has 5 heteroatoms. The van der Waals surface area contributed by atoms with Crippen LogP contribution < -0.4 is 10.6 Å². The Morgan fingerprint density at radius 1 is 1.03 bits per heavy atom. The molecule has 0 bridgehead atoms. The first-order valence-electron chi connectivity index (χ1n) is 10.9. The number of amides is 2. The van der Waals surface area contributed by atoms with Gasteiger partial charge >= 0.3 is 0 Å². The van der Waals surface area contributed by atoms with Crippen molar-refractivity contribution >= 4 is 23.4 Å². The fourth-order valence-electron chi connectivity index (χ4n) is 5.58. The SMILES string of the molecule is CC[C@H](NC(=O)c1ccc(Cl)cc1)C1[C@H]2CC([C@@H](C(=O)NC)c3ccccc3)C[C@@H]12. The first kappa shape index (κ1) is 20.9. The first-order chi connectivity index (χ1) is 14.5. The van der Waals surface area contributed by atoms with Crippen LogP contribution in [0.4, 0.5) is 0 Å². The molecule has 158 valence electrons. The number of nitrogens with one attached hydrogen (secondary N) is 2. The molecule has 2 unspecified atom stereocenters. The minimum atomic E-state index is -0.0895. The summed E-state index contributed by atoms with van der Waals surface area (Å²) in [7, 11) is 1.72. The fourth-order valence-corrected chi connectivity index (χ4v) is 5.71. The van der Waals surface area contributed by atoms with E-state index in [1.807, 2.05) is 18.2 Å². The van der Waals surface area contributed by atoms with Crippen molar-refractivity contribution in [3.8, 4) is 0 Å². The Hall–Kier alpha value is -2.33. The maximum absolute atomic E-state index is 12.7. The predicted molar refractivity (Wildman–Crippen MR) is 119 cm³/mol. The molecule has 0 spiro atoms. The number of hydrogen-bond donors (Lipinski definition) is 2. The molecule has 2 aliphatic rings. The summed E-state index contributed by atoms with van der Waals surface area (Å²) in [5.41, 5.74) is 1.74. The molecule has 0 aromatic heterocycles. The van der Waals surface area contributed by atoms with Crippen molar-refractivity contribution in [3.63, 3.8) is 0 Å². The number of hydrogen-bond acceptors (Lipinski definition) is 2. The Labute approximate surface area is 183 Å². The molecule has 4 nitrogen and oxygen atoms in total. The molecule has 0 heterocycles. The average molecular weight is 425 g/mol. The second kappa shape index (κ2) is 8.81. The molecular weight excluding hydrogens is 396 g/mol. The number of benzene rings is 2. The molecule has 0 saturated heterocycles. The zero-order chi connectivity index (χ0) is 21.3. The Kier molecular flexibility index (Phi) is 6.14. The normalized spacial score (nSPS) is 26.4. The first-order valence-corrected chi connectivity index (χ1v) is 11.2. The number of likely N-dealkylation sites (N-methyl/N-ethyl adjacent to an activating group) is 1. The van der Waals surface area contributed by atoms with Crippen LogP contribution in [0, 0.1) is 23.7 Å². The Morgan fingerprint density at radius 3 is 2.23 bits per heavy atom. The molecule has 6 atom stereocenters. The fraction of sp³-hybridized carbons (Fsp3) is 0.440. The second-order valence-electron chi connectivity index (χ2n) is 8.63. The van der Waals surface area contributed by atoms with Crippen LogP contribution in [0.5, 0.6) is 0 Å². The molecule has 2 aromatic rings. The maximum Gasteiger partial charge on any atom is 0.251 e. The lowest BCUT2D eigenvalue weighted by atomic mass is 9.80. The van der Waals surface area contributed by atoms with Crippen molar-refractivity contribution < 1.29 is 9.59 Å². The van der Waals surface area contributed by atoms with Crippen molar-refractivity contribution in [2.24, 2.45) is 23.7 Å². The lowest BCUT2D eigenvalue weighted by Gasteiger charge is -2.26. The molecular formula is C25H29ClN2O2. The molecule has 2 N–H and O–H groups in total. The molecule has 2 aromatic carbocycles. The molecule has 0 aliphatic heterocycles. The summed E-state index contributed by atoms with van der Waals surface area (Å²) in [5, 5.41) is 6.73. The third-order valence-corrected chi connectivity index (χ3v) is 7.29. The van der Waals surface area contributed by atoms with Crippen molar-refractivity contribution in [2.45, 2.75) is 38.1 Å². The van der Waals surface area contributed by atoms with E-state index in [0.717, 1.165) is 24.8 Å². The number of carbonyl (C=O) groups is 2. The Balaban J connectivity index is 1.40. The van der Waals surface area contributed by atoms with Gasteiger partial charge in [0.05, 0.1) is 5.92 Å². The number of halogens is 1. The van der Waals surface area contributed by atoms with Gasteiger partial charge in [0.2, 0.25) is 5.91 Å². The summed E-state index contributed by atoms with van der Waals surface area (Å²) in [6.07, 6.45) is 3.02. The molecule has 2 fully saturated rings. The van der Waals surface area contributed by atoms with Crippen molar-refractivity contribution in [1.29, 1.82) is 0 Å².